The highest BCUT2D eigenvalue weighted by molar-refractivity contribution is 6.05. The molecule has 1 aromatic heterocycles. The molecule has 6 rings (SSSR count). The number of oxazole rings is 1. The highest BCUT2D eigenvalue weighted by atomic mass is 16.5. The van der Waals surface area contributed by atoms with Crippen LogP contribution in [-0.4, -0.2) is 10.9 Å². The minimum absolute atomic E-state index is 0.203. The summed E-state index contributed by atoms with van der Waals surface area (Å²) >= 11 is 0. The van der Waals surface area contributed by atoms with Crippen molar-refractivity contribution in [2.24, 2.45) is 0 Å². The Bertz CT molecular complexity index is 1670. The number of hydrogen-bond acceptors (Lipinski definition) is 4. The lowest BCUT2D eigenvalue weighted by molar-refractivity contribution is 0.102. The fourth-order valence-corrected chi connectivity index (χ4v) is 4.16. The van der Waals surface area contributed by atoms with Crippen molar-refractivity contribution in [3.8, 4) is 17.2 Å². The standard InChI is InChI=1S/C31H22N2O3/c34-30(23-13-16-26(17-14-23)35-20-21-7-2-1-3-8-21)32-25-11-6-10-24(19-25)31-33-29-27-12-5-4-9-22(27)15-18-28(29)36-31/h1-19H,20H2,(H,32,34). The second kappa shape index (κ2) is 9.39. The van der Waals surface area contributed by atoms with Gasteiger partial charge in [0.05, 0.1) is 0 Å². The minimum atomic E-state index is -0.203. The lowest BCUT2D eigenvalue weighted by Crippen LogP contribution is -2.11. The van der Waals surface area contributed by atoms with E-state index in [4.69, 9.17) is 14.1 Å². The Kier molecular flexibility index (Phi) is 5.64. The van der Waals surface area contributed by atoms with Gasteiger partial charge in [-0.3, -0.25) is 4.79 Å². The first kappa shape index (κ1) is 21.6. The van der Waals surface area contributed by atoms with Gasteiger partial charge in [0.15, 0.2) is 5.58 Å². The molecule has 6 aromatic rings. The Morgan fingerprint density at radius 1 is 0.806 bits per heavy atom. The quantitative estimate of drug-likeness (QED) is 0.274. The first-order valence-corrected chi connectivity index (χ1v) is 11.7. The molecule has 0 radical (unpaired) electrons. The Balaban J connectivity index is 1.17. The van der Waals surface area contributed by atoms with Crippen LogP contribution in [0.2, 0.25) is 0 Å². The average Bonchev–Trinajstić information content (AvgIpc) is 3.38. The summed E-state index contributed by atoms with van der Waals surface area (Å²) in [4.78, 5) is 17.6. The predicted molar refractivity (Wildman–Crippen MR) is 142 cm³/mol. The topological polar surface area (TPSA) is 64.4 Å². The van der Waals surface area contributed by atoms with E-state index < -0.39 is 0 Å². The van der Waals surface area contributed by atoms with Crippen LogP contribution in [0.3, 0.4) is 0 Å². The number of nitrogens with zero attached hydrogens (tertiary/aromatic N) is 1. The van der Waals surface area contributed by atoms with Gasteiger partial charge in [0.1, 0.15) is 17.9 Å². The number of ether oxygens (including phenoxy) is 1. The number of nitrogens with one attached hydrogen (secondary N) is 1. The van der Waals surface area contributed by atoms with Crippen LogP contribution in [0.1, 0.15) is 15.9 Å². The summed E-state index contributed by atoms with van der Waals surface area (Å²) < 4.78 is 11.8. The largest absolute Gasteiger partial charge is 0.489 e. The second-order valence-corrected chi connectivity index (χ2v) is 8.49. The SMILES string of the molecule is O=C(Nc1cccc(-c2nc3c(ccc4ccccc43)o2)c1)c1ccc(OCc2ccccc2)cc1. The van der Waals surface area contributed by atoms with Crippen molar-refractivity contribution < 1.29 is 13.9 Å². The van der Waals surface area contributed by atoms with Crippen LogP contribution in [-0.2, 0) is 6.61 Å². The molecule has 0 bridgehead atoms. The molecule has 0 spiro atoms. The summed E-state index contributed by atoms with van der Waals surface area (Å²) in [5.41, 5.74) is 4.64. The Hall–Kier alpha value is -4.90. The molecule has 36 heavy (non-hydrogen) atoms. The van der Waals surface area contributed by atoms with E-state index in [2.05, 4.69) is 11.4 Å². The molecule has 1 amide bonds. The van der Waals surface area contributed by atoms with Gasteiger partial charge in [-0.1, -0.05) is 66.7 Å². The van der Waals surface area contributed by atoms with Crippen molar-refractivity contribution in [2.45, 2.75) is 6.61 Å². The monoisotopic (exact) mass is 470 g/mol. The number of rotatable bonds is 6. The van der Waals surface area contributed by atoms with Gasteiger partial charge in [-0.15, -0.1) is 0 Å². The molecule has 0 fully saturated rings. The Morgan fingerprint density at radius 2 is 1.61 bits per heavy atom. The maximum Gasteiger partial charge on any atom is 0.255 e. The highest BCUT2D eigenvalue weighted by Gasteiger charge is 2.13. The minimum Gasteiger partial charge on any atom is -0.489 e. The molecule has 0 saturated heterocycles. The molecule has 0 aliphatic heterocycles. The lowest BCUT2D eigenvalue weighted by atomic mass is 10.1. The average molecular weight is 471 g/mol. The van der Waals surface area contributed by atoms with Crippen molar-refractivity contribution in [3.63, 3.8) is 0 Å². The summed E-state index contributed by atoms with van der Waals surface area (Å²) in [5, 5.41) is 5.12. The van der Waals surface area contributed by atoms with Crippen molar-refractivity contribution in [1.29, 1.82) is 0 Å². The molecule has 0 atom stereocenters. The van der Waals surface area contributed by atoms with Gasteiger partial charge in [-0.25, -0.2) is 4.98 Å². The van der Waals surface area contributed by atoms with Crippen LogP contribution in [0.5, 0.6) is 5.75 Å². The van der Waals surface area contributed by atoms with E-state index in [0.717, 1.165) is 33.0 Å². The number of amides is 1. The summed E-state index contributed by atoms with van der Waals surface area (Å²) in [5.74, 6) is 1.02. The van der Waals surface area contributed by atoms with Gasteiger partial charge in [-0.05, 0) is 59.5 Å². The maximum absolute atomic E-state index is 12.8. The van der Waals surface area contributed by atoms with Crippen molar-refractivity contribution in [2.75, 3.05) is 5.32 Å². The number of carbonyl (C=O) groups is 1. The van der Waals surface area contributed by atoms with Crippen LogP contribution in [0, 0.1) is 0 Å². The van der Waals surface area contributed by atoms with E-state index >= 15 is 0 Å². The van der Waals surface area contributed by atoms with Crippen molar-refractivity contribution in [1.82, 2.24) is 4.98 Å². The lowest BCUT2D eigenvalue weighted by Gasteiger charge is -2.09. The Labute approximate surface area is 208 Å². The van der Waals surface area contributed by atoms with Crippen LogP contribution >= 0.6 is 0 Å². The second-order valence-electron chi connectivity index (χ2n) is 8.49. The molecular formula is C31H22N2O3. The van der Waals surface area contributed by atoms with Gasteiger partial charge in [0.2, 0.25) is 5.89 Å². The number of fused-ring (bicyclic) bond motifs is 3. The molecule has 5 heteroatoms. The molecular weight excluding hydrogens is 448 g/mol. The molecule has 0 aliphatic carbocycles. The van der Waals surface area contributed by atoms with E-state index in [0.29, 0.717) is 29.5 Å². The Morgan fingerprint density at radius 3 is 2.47 bits per heavy atom. The van der Waals surface area contributed by atoms with E-state index in [1.165, 1.54) is 0 Å². The summed E-state index contributed by atoms with van der Waals surface area (Å²) in [6, 6.07) is 36.6. The first-order chi connectivity index (χ1) is 17.7. The van der Waals surface area contributed by atoms with E-state index in [1.54, 1.807) is 24.3 Å². The number of carbonyl (C=O) groups excluding carboxylic acids is 1. The molecule has 174 valence electrons. The van der Waals surface area contributed by atoms with Crippen LogP contribution in [0.4, 0.5) is 5.69 Å². The number of anilines is 1. The normalized spacial score (nSPS) is 11.0. The van der Waals surface area contributed by atoms with Gasteiger partial charge in [0.25, 0.3) is 5.91 Å². The highest BCUT2D eigenvalue weighted by Crippen LogP contribution is 2.30. The molecule has 5 nitrogen and oxygen atoms in total. The first-order valence-electron chi connectivity index (χ1n) is 11.7. The van der Waals surface area contributed by atoms with Crippen LogP contribution in [0.15, 0.2) is 120 Å². The maximum atomic E-state index is 12.8. The molecule has 5 aromatic carbocycles. The zero-order chi connectivity index (χ0) is 24.3. The third-order valence-corrected chi connectivity index (χ3v) is 6.02. The summed E-state index contributed by atoms with van der Waals surface area (Å²) in [6.45, 7) is 0.477. The predicted octanol–water partition coefficient (Wildman–Crippen LogP) is 7.48. The zero-order valence-corrected chi connectivity index (χ0v) is 19.3. The third kappa shape index (κ3) is 4.42. The fourth-order valence-electron chi connectivity index (χ4n) is 4.16. The van der Waals surface area contributed by atoms with Gasteiger partial charge in [0, 0.05) is 22.2 Å². The molecule has 0 saturated carbocycles. The van der Waals surface area contributed by atoms with E-state index in [-0.39, 0.29) is 5.91 Å². The van der Waals surface area contributed by atoms with Crippen LogP contribution < -0.4 is 10.1 Å². The van der Waals surface area contributed by atoms with Gasteiger partial charge in [-0.2, -0.15) is 0 Å². The molecule has 0 unspecified atom stereocenters. The number of benzene rings is 5. The van der Waals surface area contributed by atoms with Crippen LogP contribution in [0.25, 0.3) is 33.3 Å². The molecule has 0 aliphatic rings. The summed E-state index contributed by atoms with van der Waals surface area (Å²) in [6.07, 6.45) is 0. The van der Waals surface area contributed by atoms with Crippen molar-refractivity contribution >= 4 is 33.5 Å². The molecule has 1 N–H and O–H groups in total. The number of hydrogen-bond donors (Lipinski definition) is 1. The van der Waals surface area contributed by atoms with E-state index in [1.807, 2.05) is 84.9 Å². The smallest absolute Gasteiger partial charge is 0.255 e. The molecule has 1 heterocycles. The number of aromatic nitrogens is 1. The zero-order valence-electron chi connectivity index (χ0n) is 19.3. The fraction of sp³-hybridized carbons (Fsp3) is 0.0323. The van der Waals surface area contributed by atoms with Crippen molar-refractivity contribution in [3.05, 3.63) is 126 Å². The summed E-state index contributed by atoms with van der Waals surface area (Å²) in [7, 11) is 0. The van der Waals surface area contributed by atoms with E-state index in [9.17, 15) is 4.79 Å². The van der Waals surface area contributed by atoms with Gasteiger partial charge < -0.3 is 14.5 Å². The van der Waals surface area contributed by atoms with Gasteiger partial charge >= 0.3 is 0 Å². The third-order valence-electron chi connectivity index (χ3n) is 6.02.